The summed E-state index contributed by atoms with van der Waals surface area (Å²) >= 11 is 0. The number of likely N-dealkylation sites (N-methyl/N-ethyl adjacent to an activating group) is 1. The molecule has 100 valence electrons. The zero-order valence-corrected chi connectivity index (χ0v) is 11.7. The zero-order chi connectivity index (χ0) is 12.8. The number of nitrogens with one attached hydrogen (secondary N) is 1. The van der Waals surface area contributed by atoms with Crippen molar-refractivity contribution in [3.05, 3.63) is 30.1 Å². The molecule has 0 aromatic carbocycles. The molecule has 0 aliphatic heterocycles. The summed E-state index contributed by atoms with van der Waals surface area (Å²) in [6.45, 7) is 2.34. The van der Waals surface area contributed by atoms with Crippen LogP contribution in [-0.2, 0) is 6.42 Å². The third-order valence-electron chi connectivity index (χ3n) is 4.55. The summed E-state index contributed by atoms with van der Waals surface area (Å²) in [4.78, 5) is 4.10. The second kappa shape index (κ2) is 6.89. The number of nitrogens with zero attached hydrogens (tertiary/aromatic N) is 1. The Bertz CT molecular complexity index is 336. The normalized spacial score (nSPS) is 25.9. The van der Waals surface area contributed by atoms with E-state index in [1.165, 1.54) is 37.7 Å². The van der Waals surface area contributed by atoms with E-state index in [1.54, 1.807) is 0 Å². The minimum absolute atomic E-state index is 0.627. The van der Waals surface area contributed by atoms with E-state index >= 15 is 0 Å². The van der Waals surface area contributed by atoms with Gasteiger partial charge in [-0.25, -0.2) is 0 Å². The molecule has 3 unspecified atom stereocenters. The van der Waals surface area contributed by atoms with Gasteiger partial charge in [0.2, 0.25) is 0 Å². The fourth-order valence-electron chi connectivity index (χ4n) is 3.35. The molecule has 1 N–H and O–H groups in total. The molecule has 3 atom stereocenters. The van der Waals surface area contributed by atoms with Gasteiger partial charge in [0.25, 0.3) is 0 Å². The Morgan fingerprint density at radius 1 is 1.33 bits per heavy atom. The first kappa shape index (κ1) is 13.5. The molecule has 2 heteroatoms. The van der Waals surface area contributed by atoms with Crippen molar-refractivity contribution >= 4 is 0 Å². The van der Waals surface area contributed by atoms with Gasteiger partial charge in [-0.05, 0) is 55.8 Å². The van der Waals surface area contributed by atoms with E-state index < -0.39 is 0 Å². The minimum Gasteiger partial charge on any atom is -0.316 e. The fourth-order valence-corrected chi connectivity index (χ4v) is 3.35. The van der Waals surface area contributed by atoms with Gasteiger partial charge < -0.3 is 5.32 Å². The summed E-state index contributed by atoms with van der Waals surface area (Å²) < 4.78 is 0. The molecular weight excluding hydrogens is 220 g/mol. The Morgan fingerprint density at radius 3 is 2.78 bits per heavy atom. The number of pyridine rings is 1. The molecular formula is C16H26N2. The fraction of sp³-hybridized carbons (Fsp3) is 0.688. The Balaban J connectivity index is 1.95. The molecule has 2 rings (SSSR count). The van der Waals surface area contributed by atoms with Crippen molar-refractivity contribution in [3.63, 3.8) is 0 Å². The molecule has 1 aliphatic rings. The van der Waals surface area contributed by atoms with Crippen molar-refractivity contribution in [2.24, 2.45) is 11.8 Å². The first-order chi connectivity index (χ1) is 8.83. The van der Waals surface area contributed by atoms with Gasteiger partial charge in [-0.3, -0.25) is 4.98 Å². The van der Waals surface area contributed by atoms with Crippen LogP contribution < -0.4 is 5.32 Å². The number of rotatable bonds is 5. The summed E-state index contributed by atoms with van der Waals surface area (Å²) in [7, 11) is 2.11. The summed E-state index contributed by atoms with van der Waals surface area (Å²) in [5.41, 5.74) is 1.41. The third-order valence-corrected chi connectivity index (χ3v) is 4.55. The van der Waals surface area contributed by atoms with Gasteiger partial charge in [0.1, 0.15) is 0 Å². The van der Waals surface area contributed by atoms with Crippen LogP contribution in [0, 0.1) is 11.8 Å². The lowest BCUT2D eigenvalue weighted by atomic mass is 9.75. The molecule has 1 fully saturated rings. The monoisotopic (exact) mass is 246 g/mol. The van der Waals surface area contributed by atoms with Crippen LogP contribution >= 0.6 is 0 Å². The van der Waals surface area contributed by atoms with E-state index in [0.717, 1.165) is 18.3 Å². The van der Waals surface area contributed by atoms with Crippen LogP contribution in [0.4, 0.5) is 0 Å². The molecule has 0 bridgehead atoms. The summed E-state index contributed by atoms with van der Waals surface area (Å²) in [5, 5.41) is 3.54. The predicted octanol–water partition coefficient (Wildman–Crippen LogP) is 3.43. The van der Waals surface area contributed by atoms with Crippen molar-refractivity contribution in [3.8, 4) is 0 Å². The van der Waals surface area contributed by atoms with E-state index in [2.05, 4.69) is 36.4 Å². The highest BCUT2D eigenvalue weighted by atomic mass is 14.9. The van der Waals surface area contributed by atoms with Gasteiger partial charge >= 0.3 is 0 Å². The second-order valence-corrected chi connectivity index (χ2v) is 5.66. The van der Waals surface area contributed by atoms with Crippen molar-refractivity contribution in [2.45, 2.75) is 51.5 Å². The molecule has 0 saturated heterocycles. The molecule has 1 saturated carbocycles. The summed E-state index contributed by atoms with van der Waals surface area (Å²) in [5.74, 6) is 1.80. The lowest BCUT2D eigenvalue weighted by Gasteiger charge is -2.34. The SMILES string of the molecule is CCC1CCCC(C(Cc2ccncc2)NC)C1. The number of hydrogen-bond donors (Lipinski definition) is 1. The topological polar surface area (TPSA) is 24.9 Å². The first-order valence-electron chi connectivity index (χ1n) is 7.39. The Hall–Kier alpha value is -0.890. The van der Waals surface area contributed by atoms with E-state index in [1.807, 2.05) is 12.4 Å². The smallest absolute Gasteiger partial charge is 0.0270 e. The van der Waals surface area contributed by atoms with Crippen LogP contribution in [-0.4, -0.2) is 18.1 Å². The highest BCUT2D eigenvalue weighted by Gasteiger charge is 2.26. The highest BCUT2D eigenvalue weighted by Crippen LogP contribution is 2.33. The van der Waals surface area contributed by atoms with E-state index in [-0.39, 0.29) is 0 Å². The largest absolute Gasteiger partial charge is 0.316 e. The zero-order valence-electron chi connectivity index (χ0n) is 11.7. The third kappa shape index (κ3) is 3.55. The van der Waals surface area contributed by atoms with Crippen LogP contribution in [0.25, 0.3) is 0 Å². The van der Waals surface area contributed by atoms with E-state index in [4.69, 9.17) is 0 Å². The average Bonchev–Trinajstić information content (AvgIpc) is 2.46. The highest BCUT2D eigenvalue weighted by molar-refractivity contribution is 5.11. The summed E-state index contributed by atoms with van der Waals surface area (Å²) in [6.07, 6.45) is 12.0. The van der Waals surface area contributed by atoms with Crippen LogP contribution in [0.15, 0.2) is 24.5 Å². The second-order valence-electron chi connectivity index (χ2n) is 5.66. The van der Waals surface area contributed by atoms with Crippen molar-refractivity contribution in [2.75, 3.05) is 7.05 Å². The summed E-state index contributed by atoms with van der Waals surface area (Å²) in [6, 6.07) is 4.91. The molecule has 0 radical (unpaired) electrons. The Labute approximate surface area is 111 Å². The predicted molar refractivity (Wildman–Crippen MR) is 76.5 cm³/mol. The van der Waals surface area contributed by atoms with Crippen molar-refractivity contribution in [1.82, 2.24) is 10.3 Å². The molecule has 1 aromatic rings. The van der Waals surface area contributed by atoms with Gasteiger partial charge in [0, 0.05) is 18.4 Å². The first-order valence-corrected chi connectivity index (χ1v) is 7.39. The van der Waals surface area contributed by atoms with Gasteiger partial charge in [0.05, 0.1) is 0 Å². The molecule has 0 amide bonds. The van der Waals surface area contributed by atoms with Gasteiger partial charge in [-0.1, -0.05) is 26.2 Å². The molecule has 2 nitrogen and oxygen atoms in total. The molecule has 1 heterocycles. The van der Waals surface area contributed by atoms with Gasteiger partial charge in [-0.15, -0.1) is 0 Å². The minimum atomic E-state index is 0.627. The van der Waals surface area contributed by atoms with Gasteiger partial charge in [-0.2, -0.15) is 0 Å². The quantitative estimate of drug-likeness (QED) is 0.861. The van der Waals surface area contributed by atoms with Crippen LogP contribution in [0.5, 0.6) is 0 Å². The molecule has 1 aromatic heterocycles. The van der Waals surface area contributed by atoms with E-state index in [0.29, 0.717) is 6.04 Å². The van der Waals surface area contributed by atoms with Crippen LogP contribution in [0.2, 0.25) is 0 Å². The average molecular weight is 246 g/mol. The van der Waals surface area contributed by atoms with Crippen LogP contribution in [0.3, 0.4) is 0 Å². The standard InChI is InChI=1S/C16H26N2/c1-3-13-5-4-6-15(11-13)16(17-2)12-14-7-9-18-10-8-14/h7-10,13,15-17H,3-6,11-12H2,1-2H3. The molecule has 0 spiro atoms. The maximum absolute atomic E-state index is 4.10. The Morgan fingerprint density at radius 2 is 2.11 bits per heavy atom. The van der Waals surface area contributed by atoms with E-state index in [9.17, 15) is 0 Å². The lowest BCUT2D eigenvalue weighted by molar-refractivity contribution is 0.212. The van der Waals surface area contributed by atoms with Crippen molar-refractivity contribution in [1.29, 1.82) is 0 Å². The molecule has 18 heavy (non-hydrogen) atoms. The van der Waals surface area contributed by atoms with Crippen LogP contribution in [0.1, 0.15) is 44.6 Å². The number of aromatic nitrogens is 1. The van der Waals surface area contributed by atoms with Gasteiger partial charge in [0.15, 0.2) is 0 Å². The lowest BCUT2D eigenvalue weighted by Crippen LogP contribution is -2.38. The maximum atomic E-state index is 4.10. The molecule has 1 aliphatic carbocycles. The maximum Gasteiger partial charge on any atom is 0.0270 e. The van der Waals surface area contributed by atoms with Crippen molar-refractivity contribution < 1.29 is 0 Å². The Kier molecular flexibility index (Phi) is 5.18. The number of hydrogen-bond acceptors (Lipinski definition) is 2.